The molecule has 20 heavy (non-hydrogen) atoms. The van der Waals surface area contributed by atoms with E-state index in [1.807, 2.05) is 18.2 Å². The zero-order valence-electron chi connectivity index (χ0n) is 12.2. The minimum atomic E-state index is -0.528. The number of para-hydroxylation sites is 1. The molecule has 0 atom stereocenters. The summed E-state index contributed by atoms with van der Waals surface area (Å²) in [5.74, 6) is 0.420. The third kappa shape index (κ3) is 3.38. The smallest absolute Gasteiger partial charge is 0.391 e. The summed E-state index contributed by atoms with van der Waals surface area (Å²) in [6, 6.07) is 10.9. The Morgan fingerprint density at radius 3 is 2.45 bits per heavy atom. The van der Waals surface area contributed by atoms with Crippen molar-refractivity contribution in [1.29, 1.82) is 0 Å². The molecule has 0 bridgehead atoms. The number of benzene rings is 1. The van der Waals surface area contributed by atoms with E-state index in [0.717, 1.165) is 5.69 Å². The summed E-state index contributed by atoms with van der Waals surface area (Å²) in [6.45, 7) is 6.18. The molecule has 0 aliphatic rings. The van der Waals surface area contributed by atoms with Crippen LogP contribution >= 0.6 is 0 Å². The SMILES string of the molecule is Cn1nc(C(C)(C)C)cc1OC(=O)Nc1ccccc1. The monoisotopic (exact) mass is 273 g/mol. The number of hydrogen-bond acceptors (Lipinski definition) is 3. The van der Waals surface area contributed by atoms with Crippen LogP contribution < -0.4 is 10.1 Å². The molecule has 0 saturated heterocycles. The molecule has 0 unspecified atom stereocenters. The first-order valence-electron chi connectivity index (χ1n) is 6.44. The first-order chi connectivity index (χ1) is 9.36. The molecule has 0 fully saturated rings. The predicted octanol–water partition coefficient (Wildman–Crippen LogP) is 3.33. The number of nitrogens with zero attached hydrogens (tertiary/aromatic N) is 2. The lowest BCUT2D eigenvalue weighted by Gasteiger charge is -2.13. The standard InChI is InChI=1S/C15H19N3O2/c1-15(2,3)12-10-13(18(4)17-12)20-14(19)16-11-8-6-5-7-9-11/h5-10H,1-4H3,(H,16,19). The number of carbonyl (C=O) groups excluding carboxylic acids is 1. The van der Waals surface area contributed by atoms with Crippen LogP contribution in [0, 0.1) is 0 Å². The van der Waals surface area contributed by atoms with Crippen LogP contribution in [0.5, 0.6) is 5.88 Å². The Morgan fingerprint density at radius 2 is 1.90 bits per heavy atom. The third-order valence-electron chi connectivity index (χ3n) is 2.82. The number of aryl methyl sites for hydroxylation is 1. The van der Waals surface area contributed by atoms with Crippen LogP contribution in [0.2, 0.25) is 0 Å². The van der Waals surface area contributed by atoms with Crippen LogP contribution in [0.3, 0.4) is 0 Å². The van der Waals surface area contributed by atoms with Crippen molar-refractivity contribution in [3.05, 3.63) is 42.1 Å². The number of hydrogen-bond donors (Lipinski definition) is 1. The molecule has 0 spiro atoms. The summed E-state index contributed by atoms with van der Waals surface area (Å²) in [5, 5.41) is 7.02. The lowest BCUT2D eigenvalue weighted by atomic mass is 9.93. The molecule has 5 heteroatoms. The first-order valence-corrected chi connectivity index (χ1v) is 6.44. The van der Waals surface area contributed by atoms with Crippen LogP contribution in [-0.2, 0) is 12.5 Å². The van der Waals surface area contributed by atoms with Gasteiger partial charge in [0.2, 0.25) is 5.88 Å². The maximum absolute atomic E-state index is 11.8. The normalized spacial score (nSPS) is 11.2. The van der Waals surface area contributed by atoms with E-state index in [9.17, 15) is 4.79 Å². The summed E-state index contributed by atoms with van der Waals surface area (Å²) in [4.78, 5) is 11.8. The molecule has 0 aliphatic carbocycles. The van der Waals surface area contributed by atoms with Gasteiger partial charge in [-0.2, -0.15) is 5.10 Å². The van der Waals surface area contributed by atoms with E-state index in [4.69, 9.17) is 4.74 Å². The number of ether oxygens (including phenoxy) is 1. The van der Waals surface area contributed by atoms with Crippen molar-refractivity contribution in [3.8, 4) is 5.88 Å². The zero-order valence-corrected chi connectivity index (χ0v) is 12.2. The van der Waals surface area contributed by atoms with Gasteiger partial charge in [0, 0.05) is 24.2 Å². The maximum Gasteiger partial charge on any atom is 0.418 e. The van der Waals surface area contributed by atoms with Crippen molar-refractivity contribution in [1.82, 2.24) is 9.78 Å². The summed E-state index contributed by atoms with van der Waals surface area (Å²) in [7, 11) is 1.75. The van der Waals surface area contributed by atoms with Gasteiger partial charge in [0.1, 0.15) is 0 Å². The van der Waals surface area contributed by atoms with Crippen LogP contribution in [0.25, 0.3) is 0 Å². The fourth-order valence-corrected chi connectivity index (χ4v) is 1.67. The van der Waals surface area contributed by atoms with Gasteiger partial charge in [-0.1, -0.05) is 39.0 Å². The minimum absolute atomic E-state index is 0.0880. The predicted molar refractivity (Wildman–Crippen MR) is 78.0 cm³/mol. The third-order valence-corrected chi connectivity index (χ3v) is 2.82. The molecule has 1 aromatic heterocycles. The van der Waals surface area contributed by atoms with Crippen LogP contribution in [0.15, 0.2) is 36.4 Å². The van der Waals surface area contributed by atoms with Crippen molar-refractivity contribution < 1.29 is 9.53 Å². The van der Waals surface area contributed by atoms with E-state index >= 15 is 0 Å². The summed E-state index contributed by atoms with van der Waals surface area (Å²) in [5.41, 5.74) is 1.48. The second-order valence-corrected chi connectivity index (χ2v) is 5.62. The number of nitrogens with one attached hydrogen (secondary N) is 1. The van der Waals surface area contributed by atoms with Crippen molar-refractivity contribution in [3.63, 3.8) is 0 Å². The highest BCUT2D eigenvalue weighted by Gasteiger charge is 2.20. The van der Waals surface area contributed by atoms with E-state index in [2.05, 4.69) is 31.2 Å². The number of anilines is 1. The topological polar surface area (TPSA) is 56.2 Å². The molecule has 2 aromatic rings. The quantitative estimate of drug-likeness (QED) is 0.913. The fourth-order valence-electron chi connectivity index (χ4n) is 1.67. The van der Waals surface area contributed by atoms with Crippen molar-refractivity contribution in [2.75, 3.05) is 5.32 Å². The fraction of sp³-hybridized carbons (Fsp3) is 0.333. The molecule has 2 rings (SSSR count). The van der Waals surface area contributed by atoms with E-state index in [1.54, 1.807) is 29.9 Å². The van der Waals surface area contributed by atoms with Gasteiger partial charge in [0.05, 0.1) is 5.69 Å². The summed E-state index contributed by atoms with van der Waals surface area (Å²) >= 11 is 0. The summed E-state index contributed by atoms with van der Waals surface area (Å²) < 4.78 is 6.84. The van der Waals surface area contributed by atoms with Gasteiger partial charge in [-0.3, -0.25) is 5.32 Å². The van der Waals surface area contributed by atoms with Gasteiger partial charge < -0.3 is 4.74 Å². The Balaban J connectivity index is 2.07. The van der Waals surface area contributed by atoms with E-state index in [1.165, 1.54) is 0 Å². The Kier molecular flexibility index (Phi) is 3.79. The molecule has 5 nitrogen and oxygen atoms in total. The number of aromatic nitrogens is 2. The highest BCUT2D eigenvalue weighted by molar-refractivity contribution is 5.85. The lowest BCUT2D eigenvalue weighted by molar-refractivity contribution is 0.211. The first kappa shape index (κ1) is 14.1. The zero-order chi connectivity index (χ0) is 14.8. The number of rotatable bonds is 2. The Morgan fingerprint density at radius 1 is 1.25 bits per heavy atom. The molecule has 0 aliphatic heterocycles. The van der Waals surface area contributed by atoms with Gasteiger partial charge >= 0.3 is 6.09 Å². The largest absolute Gasteiger partial charge is 0.418 e. The van der Waals surface area contributed by atoms with E-state index < -0.39 is 6.09 Å². The molecule has 0 radical (unpaired) electrons. The van der Waals surface area contributed by atoms with Crippen molar-refractivity contribution in [2.24, 2.45) is 7.05 Å². The van der Waals surface area contributed by atoms with Crippen LogP contribution in [-0.4, -0.2) is 15.9 Å². The van der Waals surface area contributed by atoms with E-state index in [-0.39, 0.29) is 5.41 Å². The molecule has 106 valence electrons. The average Bonchev–Trinajstić information content (AvgIpc) is 2.72. The lowest BCUT2D eigenvalue weighted by Crippen LogP contribution is -2.18. The van der Waals surface area contributed by atoms with Crippen LogP contribution in [0.1, 0.15) is 26.5 Å². The average molecular weight is 273 g/mol. The molecule has 1 N–H and O–H groups in total. The van der Waals surface area contributed by atoms with Crippen LogP contribution in [0.4, 0.5) is 10.5 Å². The van der Waals surface area contributed by atoms with Gasteiger partial charge in [-0.05, 0) is 12.1 Å². The molecule has 1 aromatic carbocycles. The Labute approximate surface area is 118 Å². The van der Waals surface area contributed by atoms with Crippen molar-refractivity contribution >= 4 is 11.8 Å². The van der Waals surface area contributed by atoms with E-state index in [0.29, 0.717) is 11.6 Å². The summed E-state index contributed by atoms with van der Waals surface area (Å²) in [6.07, 6.45) is -0.528. The highest BCUT2D eigenvalue weighted by Crippen LogP contribution is 2.24. The second-order valence-electron chi connectivity index (χ2n) is 5.62. The van der Waals surface area contributed by atoms with Gasteiger partial charge in [-0.25, -0.2) is 9.48 Å². The van der Waals surface area contributed by atoms with Gasteiger partial charge in [0.15, 0.2) is 0 Å². The second kappa shape index (κ2) is 5.36. The maximum atomic E-state index is 11.8. The number of amides is 1. The molecule has 1 amide bonds. The van der Waals surface area contributed by atoms with Gasteiger partial charge in [-0.15, -0.1) is 0 Å². The van der Waals surface area contributed by atoms with Crippen molar-refractivity contribution in [2.45, 2.75) is 26.2 Å². The minimum Gasteiger partial charge on any atom is -0.391 e. The highest BCUT2D eigenvalue weighted by atomic mass is 16.6. The Hall–Kier alpha value is -2.30. The number of carbonyl (C=O) groups is 1. The molecular formula is C15H19N3O2. The molecular weight excluding hydrogens is 254 g/mol. The molecule has 0 saturated carbocycles. The van der Waals surface area contributed by atoms with Gasteiger partial charge in [0.25, 0.3) is 0 Å². The Bertz CT molecular complexity index is 597. The molecule has 1 heterocycles.